The number of nitrogens with zero attached hydrogens (tertiary/aromatic N) is 3. The van der Waals surface area contributed by atoms with E-state index in [1.807, 2.05) is 36.4 Å². The van der Waals surface area contributed by atoms with E-state index in [1.54, 1.807) is 13.8 Å². The topological polar surface area (TPSA) is 86.8 Å². The van der Waals surface area contributed by atoms with Crippen molar-refractivity contribution < 1.29 is 9.53 Å². The van der Waals surface area contributed by atoms with Crippen LogP contribution in [0.4, 0.5) is 0 Å². The lowest BCUT2D eigenvalue weighted by molar-refractivity contribution is -0.146. The standard InChI is InChI=1S/C15H16N4O2/c1-3-21-15(20)12(9-16)13-10(2)18-19-14(17-13)11-7-5-4-6-8-11/h4-8,12-13H,3H2,1-2H3,(H,17,19). The third-order valence-corrected chi connectivity index (χ3v) is 3.08. The molecule has 6 nitrogen and oxygen atoms in total. The molecule has 1 heterocycles. The average Bonchev–Trinajstić information content (AvgIpc) is 2.51. The maximum Gasteiger partial charge on any atom is 0.325 e. The molecule has 6 heteroatoms. The van der Waals surface area contributed by atoms with E-state index < -0.39 is 17.9 Å². The number of hydrogen-bond acceptors (Lipinski definition) is 6. The molecular weight excluding hydrogens is 268 g/mol. The van der Waals surface area contributed by atoms with Gasteiger partial charge in [-0.05, 0) is 13.8 Å². The molecule has 0 bridgehead atoms. The van der Waals surface area contributed by atoms with Crippen LogP contribution in [0.15, 0.2) is 40.4 Å². The van der Waals surface area contributed by atoms with Crippen LogP contribution in [0.25, 0.3) is 0 Å². The molecule has 108 valence electrons. The van der Waals surface area contributed by atoms with Gasteiger partial charge < -0.3 is 4.74 Å². The highest BCUT2D eigenvalue weighted by molar-refractivity contribution is 6.05. The minimum atomic E-state index is -0.991. The third-order valence-electron chi connectivity index (χ3n) is 3.08. The molecule has 0 aliphatic carbocycles. The largest absolute Gasteiger partial charge is 0.465 e. The van der Waals surface area contributed by atoms with Crippen molar-refractivity contribution >= 4 is 17.5 Å². The Hall–Kier alpha value is -2.68. The number of ether oxygens (including phenoxy) is 1. The van der Waals surface area contributed by atoms with E-state index in [9.17, 15) is 10.1 Å². The number of benzene rings is 1. The Morgan fingerprint density at radius 1 is 1.48 bits per heavy atom. The lowest BCUT2D eigenvalue weighted by Crippen LogP contribution is -2.39. The molecule has 0 radical (unpaired) electrons. The molecule has 1 aliphatic heterocycles. The van der Waals surface area contributed by atoms with Gasteiger partial charge in [-0.15, -0.1) is 0 Å². The summed E-state index contributed by atoms with van der Waals surface area (Å²) in [5, 5.41) is 13.4. The zero-order valence-corrected chi connectivity index (χ0v) is 11.9. The summed E-state index contributed by atoms with van der Waals surface area (Å²) in [5.41, 5.74) is 4.27. The number of nitrogens with one attached hydrogen (secondary N) is 1. The summed E-state index contributed by atoms with van der Waals surface area (Å²) in [5.74, 6) is -1.03. The van der Waals surface area contributed by atoms with Gasteiger partial charge in [-0.1, -0.05) is 30.3 Å². The fourth-order valence-corrected chi connectivity index (χ4v) is 2.00. The quantitative estimate of drug-likeness (QED) is 0.848. The van der Waals surface area contributed by atoms with Crippen molar-refractivity contribution in [3.63, 3.8) is 0 Å². The van der Waals surface area contributed by atoms with Crippen LogP contribution < -0.4 is 5.43 Å². The fraction of sp³-hybridized carbons (Fsp3) is 0.333. The fourth-order valence-electron chi connectivity index (χ4n) is 2.00. The smallest absolute Gasteiger partial charge is 0.325 e. The number of rotatable bonds is 4. The molecule has 0 aromatic heterocycles. The van der Waals surface area contributed by atoms with E-state index in [0.29, 0.717) is 11.5 Å². The van der Waals surface area contributed by atoms with Gasteiger partial charge in [0, 0.05) is 5.56 Å². The predicted molar refractivity (Wildman–Crippen MR) is 78.7 cm³/mol. The molecule has 0 spiro atoms. The van der Waals surface area contributed by atoms with E-state index in [2.05, 4.69) is 15.5 Å². The van der Waals surface area contributed by atoms with Gasteiger partial charge in [0.05, 0.1) is 18.4 Å². The summed E-state index contributed by atoms with van der Waals surface area (Å²) in [7, 11) is 0. The molecular formula is C15H16N4O2. The van der Waals surface area contributed by atoms with Crippen LogP contribution in [-0.4, -0.2) is 30.2 Å². The van der Waals surface area contributed by atoms with Crippen molar-refractivity contribution in [1.82, 2.24) is 5.43 Å². The third kappa shape index (κ3) is 3.26. The van der Waals surface area contributed by atoms with Crippen LogP contribution in [0, 0.1) is 17.2 Å². The Kier molecular flexibility index (Phi) is 4.67. The molecule has 21 heavy (non-hydrogen) atoms. The van der Waals surface area contributed by atoms with Crippen LogP contribution in [0.1, 0.15) is 19.4 Å². The first kappa shape index (κ1) is 14.7. The number of hydrogen-bond donors (Lipinski definition) is 1. The summed E-state index contributed by atoms with van der Waals surface area (Å²) in [6.07, 6.45) is 0. The highest BCUT2D eigenvalue weighted by Gasteiger charge is 2.33. The van der Waals surface area contributed by atoms with Gasteiger partial charge in [0.25, 0.3) is 0 Å². The SMILES string of the molecule is CCOC(=O)C(C#N)C1N=C(c2ccccc2)NN=C1C. The first-order valence-corrected chi connectivity index (χ1v) is 6.67. The van der Waals surface area contributed by atoms with E-state index in [0.717, 1.165) is 5.56 Å². The van der Waals surface area contributed by atoms with Gasteiger partial charge >= 0.3 is 5.97 Å². The van der Waals surface area contributed by atoms with Crippen LogP contribution >= 0.6 is 0 Å². The van der Waals surface area contributed by atoms with Gasteiger partial charge in [0.1, 0.15) is 11.9 Å². The molecule has 1 aliphatic rings. The first-order chi connectivity index (χ1) is 10.2. The Bertz CT molecular complexity index is 616. The van der Waals surface area contributed by atoms with Crippen LogP contribution in [0.5, 0.6) is 0 Å². The molecule has 1 aromatic carbocycles. The molecule has 2 rings (SSSR count). The van der Waals surface area contributed by atoms with Gasteiger partial charge in [-0.2, -0.15) is 10.4 Å². The van der Waals surface area contributed by atoms with E-state index in [4.69, 9.17) is 4.74 Å². The lowest BCUT2D eigenvalue weighted by Gasteiger charge is -2.22. The van der Waals surface area contributed by atoms with Crippen molar-refractivity contribution in [3.8, 4) is 6.07 Å². The number of esters is 1. The van der Waals surface area contributed by atoms with Crippen LogP contribution in [0.3, 0.4) is 0 Å². The second-order valence-corrected chi connectivity index (χ2v) is 4.51. The number of carbonyl (C=O) groups is 1. The molecule has 0 saturated heterocycles. The first-order valence-electron chi connectivity index (χ1n) is 6.67. The van der Waals surface area contributed by atoms with Gasteiger partial charge in [0.2, 0.25) is 0 Å². The van der Waals surface area contributed by atoms with Crippen molar-refractivity contribution in [3.05, 3.63) is 35.9 Å². The Balaban J connectivity index is 2.30. The summed E-state index contributed by atoms with van der Waals surface area (Å²) in [6.45, 7) is 3.66. The van der Waals surface area contributed by atoms with Gasteiger partial charge in [-0.25, -0.2) is 0 Å². The summed E-state index contributed by atoms with van der Waals surface area (Å²) in [4.78, 5) is 16.3. The van der Waals surface area contributed by atoms with Crippen LogP contribution in [-0.2, 0) is 9.53 Å². The van der Waals surface area contributed by atoms with E-state index >= 15 is 0 Å². The highest BCUT2D eigenvalue weighted by atomic mass is 16.5. The van der Waals surface area contributed by atoms with E-state index in [1.165, 1.54) is 0 Å². The van der Waals surface area contributed by atoms with Crippen molar-refractivity contribution in [2.24, 2.45) is 16.0 Å². The zero-order chi connectivity index (χ0) is 15.2. The summed E-state index contributed by atoms with van der Waals surface area (Å²) >= 11 is 0. The molecule has 2 atom stereocenters. The second-order valence-electron chi connectivity index (χ2n) is 4.51. The molecule has 1 N–H and O–H groups in total. The summed E-state index contributed by atoms with van der Waals surface area (Å²) in [6, 6.07) is 10.8. The minimum Gasteiger partial charge on any atom is -0.465 e. The molecule has 2 unspecified atom stereocenters. The minimum absolute atomic E-state index is 0.230. The van der Waals surface area contributed by atoms with Crippen LogP contribution in [0.2, 0.25) is 0 Å². The second kappa shape index (κ2) is 6.66. The number of nitriles is 1. The maximum absolute atomic E-state index is 11.9. The Morgan fingerprint density at radius 3 is 2.81 bits per heavy atom. The molecule has 0 amide bonds. The molecule has 0 fully saturated rings. The van der Waals surface area contributed by atoms with Crippen molar-refractivity contribution in [2.75, 3.05) is 6.61 Å². The number of carbonyl (C=O) groups excluding carboxylic acids is 1. The van der Waals surface area contributed by atoms with E-state index in [-0.39, 0.29) is 6.61 Å². The normalized spacial score (nSPS) is 18.6. The summed E-state index contributed by atoms with van der Waals surface area (Å²) < 4.78 is 4.93. The van der Waals surface area contributed by atoms with Crippen molar-refractivity contribution in [1.29, 1.82) is 5.26 Å². The molecule has 1 aromatic rings. The predicted octanol–water partition coefficient (Wildman–Crippen LogP) is 1.48. The maximum atomic E-state index is 11.9. The lowest BCUT2D eigenvalue weighted by atomic mass is 9.97. The zero-order valence-electron chi connectivity index (χ0n) is 11.9. The number of amidine groups is 1. The monoisotopic (exact) mass is 284 g/mol. The number of aliphatic imine (C=N–C) groups is 1. The van der Waals surface area contributed by atoms with Gasteiger partial charge in [0.15, 0.2) is 5.92 Å². The molecule has 0 saturated carbocycles. The van der Waals surface area contributed by atoms with Crippen molar-refractivity contribution in [2.45, 2.75) is 19.9 Å². The average molecular weight is 284 g/mol. The Morgan fingerprint density at radius 2 is 2.19 bits per heavy atom. The number of hydrazone groups is 1. The van der Waals surface area contributed by atoms with Gasteiger partial charge in [-0.3, -0.25) is 15.2 Å². The Labute approximate surface area is 123 Å². The highest BCUT2D eigenvalue weighted by Crippen LogP contribution is 2.16.